The lowest BCUT2D eigenvalue weighted by atomic mass is 10.1. The summed E-state index contributed by atoms with van der Waals surface area (Å²) in [7, 11) is 1.64. The van der Waals surface area contributed by atoms with Crippen LogP contribution in [0.25, 0.3) is 0 Å². The van der Waals surface area contributed by atoms with E-state index in [1.807, 2.05) is 49.2 Å². The number of fused-ring (bicyclic) bond motifs is 1. The molecular formula is C30H39FN6O4. The minimum Gasteiger partial charge on any atom is -0.444 e. The molecule has 0 saturated heterocycles. The Morgan fingerprint density at radius 1 is 1.10 bits per heavy atom. The van der Waals surface area contributed by atoms with Crippen molar-refractivity contribution in [2.75, 3.05) is 38.1 Å². The molecule has 0 aromatic heterocycles. The molecule has 0 saturated carbocycles. The maximum atomic E-state index is 14.9. The van der Waals surface area contributed by atoms with E-state index in [0.717, 1.165) is 17.2 Å². The zero-order chi connectivity index (χ0) is 30.3. The zero-order valence-electron chi connectivity index (χ0n) is 24.6. The van der Waals surface area contributed by atoms with Crippen molar-refractivity contribution in [2.45, 2.75) is 59.4 Å². The number of carbonyl (C=O) groups excluding carboxylic acids is 3. The molecular weight excluding hydrogens is 527 g/mol. The summed E-state index contributed by atoms with van der Waals surface area (Å²) in [5, 5.41) is 15.5. The van der Waals surface area contributed by atoms with Gasteiger partial charge in [0.05, 0.1) is 30.4 Å². The summed E-state index contributed by atoms with van der Waals surface area (Å²) in [6.45, 7) is 9.85. The van der Waals surface area contributed by atoms with Crippen LogP contribution in [0.4, 0.5) is 14.9 Å². The third-order valence-corrected chi connectivity index (χ3v) is 6.61. The van der Waals surface area contributed by atoms with Gasteiger partial charge in [-0.15, -0.1) is 0 Å². The minimum absolute atomic E-state index is 0.0248. The molecule has 0 spiro atoms. The Balaban J connectivity index is 1.69. The normalized spacial score (nSPS) is 12.9. The summed E-state index contributed by atoms with van der Waals surface area (Å²) in [4.78, 5) is 41.7. The molecule has 220 valence electrons. The van der Waals surface area contributed by atoms with E-state index in [2.05, 4.69) is 5.32 Å². The first-order valence-electron chi connectivity index (χ1n) is 13.6. The summed E-state index contributed by atoms with van der Waals surface area (Å²) < 4.78 is 20.4. The van der Waals surface area contributed by atoms with Crippen LogP contribution >= 0.6 is 0 Å². The summed E-state index contributed by atoms with van der Waals surface area (Å²) >= 11 is 0. The number of nitriles is 1. The van der Waals surface area contributed by atoms with Gasteiger partial charge in [0, 0.05) is 39.3 Å². The Labute approximate surface area is 241 Å². The average molecular weight is 567 g/mol. The van der Waals surface area contributed by atoms with Crippen molar-refractivity contribution in [3.8, 4) is 6.07 Å². The highest BCUT2D eigenvalue weighted by Crippen LogP contribution is 2.25. The van der Waals surface area contributed by atoms with Gasteiger partial charge in [0.1, 0.15) is 11.4 Å². The van der Waals surface area contributed by atoms with E-state index in [4.69, 9.17) is 4.74 Å². The van der Waals surface area contributed by atoms with E-state index in [1.165, 1.54) is 26.9 Å². The van der Waals surface area contributed by atoms with Crippen LogP contribution in [0.2, 0.25) is 0 Å². The summed E-state index contributed by atoms with van der Waals surface area (Å²) in [6.07, 6.45) is -0.489. The predicted octanol–water partition coefficient (Wildman–Crippen LogP) is 3.65. The number of rotatable bonds is 10. The minimum atomic E-state index is -0.659. The quantitative estimate of drug-likeness (QED) is 0.468. The highest BCUT2D eigenvalue weighted by Gasteiger charge is 2.28. The second-order valence-electron chi connectivity index (χ2n) is 11.3. The number of hydrogen-bond donors (Lipinski definition) is 1. The van der Waals surface area contributed by atoms with Gasteiger partial charge in [0.15, 0.2) is 0 Å². The van der Waals surface area contributed by atoms with Gasteiger partial charge in [-0.1, -0.05) is 24.3 Å². The number of amides is 3. The van der Waals surface area contributed by atoms with Crippen molar-refractivity contribution in [1.82, 2.24) is 20.2 Å². The molecule has 1 heterocycles. The van der Waals surface area contributed by atoms with Gasteiger partial charge in [-0.25, -0.2) is 14.2 Å². The summed E-state index contributed by atoms with van der Waals surface area (Å²) in [5.41, 5.74) is 1.76. The van der Waals surface area contributed by atoms with Crippen molar-refractivity contribution in [3.05, 3.63) is 65.0 Å². The van der Waals surface area contributed by atoms with Crippen molar-refractivity contribution >= 4 is 23.6 Å². The van der Waals surface area contributed by atoms with Crippen LogP contribution in [0.1, 0.15) is 51.3 Å². The fourth-order valence-electron chi connectivity index (χ4n) is 4.43. The van der Waals surface area contributed by atoms with Crippen molar-refractivity contribution in [2.24, 2.45) is 0 Å². The van der Waals surface area contributed by atoms with Crippen LogP contribution < -0.4 is 10.2 Å². The van der Waals surface area contributed by atoms with Crippen molar-refractivity contribution in [3.63, 3.8) is 0 Å². The van der Waals surface area contributed by atoms with Gasteiger partial charge in [-0.3, -0.25) is 14.6 Å². The van der Waals surface area contributed by atoms with Crippen LogP contribution in [0, 0.1) is 17.1 Å². The molecule has 0 radical (unpaired) electrons. The molecule has 1 aliphatic heterocycles. The van der Waals surface area contributed by atoms with Gasteiger partial charge in [0.2, 0.25) is 5.91 Å². The number of ether oxygens (including phenoxy) is 1. The molecule has 1 aliphatic rings. The second kappa shape index (κ2) is 13.5. The van der Waals surface area contributed by atoms with Crippen LogP contribution in [-0.2, 0) is 27.4 Å². The Kier molecular flexibility index (Phi) is 10.3. The number of hydrogen-bond acceptors (Lipinski definition) is 7. The molecule has 0 fully saturated rings. The van der Waals surface area contributed by atoms with Gasteiger partial charge < -0.3 is 19.9 Å². The van der Waals surface area contributed by atoms with Gasteiger partial charge >= 0.3 is 6.09 Å². The van der Waals surface area contributed by atoms with Crippen LogP contribution in [0.15, 0.2) is 42.5 Å². The molecule has 1 N–H and O–H groups in total. The van der Waals surface area contributed by atoms with Crippen molar-refractivity contribution in [1.29, 1.82) is 5.26 Å². The summed E-state index contributed by atoms with van der Waals surface area (Å²) in [5.74, 6) is -1.47. The largest absolute Gasteiger partial charge is 0.444 e. The number of likely N-dealkylation sites (N-methyl/N-ethyl adjacent to an activating group) is 1. The number of halogens is 1. The van der Waals surface area contributed by atoms with E-state index in [1.54, 1.807) is 27.8 Å². The van der Waals surface area contributed by atoms with Crippen LogP contribution in [0.5, 0.6) is 0 Å². The first kappa shape index (κ1) is 31.4. The zero-order valence-corrected chi connectivity index (χ0v) is 24.6. The third kappa shape index (κ3) is 8.66. The highest BCUT2D eigenvalue weighted by atomic mass is 19.1. The number of anilines is 1. The fraction of sp³-hybridized carbons (Fsp3) is 0.467. The number of nitrogens with zero attached hydrogens (tertiary/aromatic N) is 5. The Morgan fingerprint density at radius 3 is 2.29 bits per heavy atom. The molecule has 0 aliphatic carbocycles. The molecule has 0 bridgehead atoms. The highest BCUT2D eigenvalue weighted by molar-refractivity contribution is 5.86. The van der Waals surface area contributed by atoms with Crippen LogP contribution in [0.3, 0.4) is 0 Å². The molecule has 41 heavy (non-hydrogen) atoms. The first-order chi connectivity index (χ1) is 19.3. The van der Waals surface area contributed by atoms with Gasteiger partial charge in [0.25, 0.3) is 5.91 Å². The van der Waals surface area contributed by atoms with E-state index in [9.17, 15) is 24.0 Å². The smallest absolute Gasteiger partial charge is 0.410 e. The van der Waals surface area contributed by atoms with Gasteiger partial charge in [-0.2, -0.15) is 5.26 Å². The van der Waals surface area contributed by atoms with E-state index in [-0.39, 0.29) is 49.4 Å². The Morgan fingerprint density at radius 2 is 1.73 bits per heavy atom. The van der Waals surface area contributed by atoms with Crippen molar-refractivity contribution < 1.29 is 23.5 Å². The Hall–Kier alpha value is -4.17. The molecule has 2 aromatic rings. The molecule has 3 rings (SSSR count). The third-order valence-electron chi connectivity index (χ3n) is 6.61. The molecule has 2 aromatic carbocycles. The molecule has 10 nitrogen and oxygen atoms in total. The van der Waals surface area contributed by atoms with Crippen LogP contribution in [-0.4, -0.2) is 77.7 Å². The molecule has 11 heteroatoms. The SMILES string of the molecule is CC(C)N(CCNC(=O)CN(CC(=O)N(C)N1Cc2ccccc2C1)c1cc(C#N)ccc1F)C(=O)OC(C)(C)C. The number of benzene rings is 2. The summed E-state index contributed by atoms with van der Waals surface area (Å²) in [6, 6.07) is 13.5. The fourth-order valence-corrected chi connectivity index (χ4v) is 4.43. The number of carbonyl (C=O) groups is 3. The number of nitrogens with one attached hydrogen (secondary N) is 1. The molecule has 0 unspecified atom stereocenters. The number of hydrazine groups is 1. The first-order valence-corrected chi connectivity index (χ1v) is 13.6. The average Bonchev–Trinajstić information content (AvgIpc) is 3.33. The lowest BCUT2D eigenvalue weighted by molar-refractivity contribution is -0.145. The topological polar surface area (TPSA) is 109 Å². The van der Waals surface area contributed by atoms with E-state index < -0.39 is 23.4 Å². The molecule has 3 amide bonds. The maximum absolute atomic E-state index is 14.9. The second-order valence-corrected chi connectivity index (χ2v) is 11.3. The van der Waals surface area contributed by atoms with E-state index >= 15 is 0 Å². The van der Waals surface area contributed by atoms with E-state index in [0.29, 0.717) is 13.1 Å². The standard InChI is InChI=1S/C30H39FN6O4/c1-21(2)37(29(40)41-30(3,4)5)14-13-33-27(38)19-35(26-15-22(16-32)11-12-25(26)31)20-28(39)34(6)36-17-23-9-7-8-10-24(23)18-36/h7-12,15,21H,13-14,17-20H2,1-6H3,(H,33,38). The predicted molar refractivity (Wildman–Crippen MR) is 153 cm³/mol. The lowest BCUT2D eigenvalue weighted by Gasteiger charge is -2.32. The Bertz CT molecular complexity index is 1280. The maximum Gasteiger partial charge on any atom is 0.410 e. The lowest BCUT2D eigenvalue weighted by Crippen LogP contribution is -2.49. The monoisotopic (exact) mass is 566 g/mol. The van der Waals surface area contributed by atoms with Gasteiger partial charge in [-0.05, 0) is 63.9 Å². The molecule has 0 atom stereocenters.